The summed E-state index contributed by atoms with van der Waals surface area (Å²) in [5.41, 5.74) is 2.35. The van der Waals surface area contributed by atoms with Gasteiger partial charge >= 0.3 is 0 Å². The van der Waals surface area contributed by atoms with Gasteiger partial charge in [0, 0.05) is 24.7 Å². The molecule has 2 aromatic carbocycles. The molecule has 0 unspecified atom stereocenters. The highest BCUT2D eigenvalue weighted by molar-refractivity contribution is 5.95. The second kappa shape index (κ2) is 7.04. The fourth-order valence-electron chi connectivity index (χ4n) is 1.93. The monoisotopic (exact) mass is 293 g/mol. The van der Waals surface area contributed by atoms with Gasteiger partial charge < -0.3 is 10.6 Å². The average Bonchev–Trinajstić information content (AvgIpc) is 2.59. The zero-order valence-electron chi connectivity index (χ0n) is 12.1. The summed E-state index contributed by atoms with van der Waals surface area (Å²) in [4.78, 5) is 23.5. The van der Waals surface area contributed by atoms with Crippen LogP contribution in [0.15, 0.2) is 48.5 Å². The normalized spacial score (nSPS) is 9.64. The Morgan fingerprint density at radius 2 is 1.77 bits per heavy atom. The standard InChI is InChI=1S/C17H15N3O2/c1-19-16(21)14-7-5-12(6-8-14)11-20-17(22)15-4-2-3-13(9-15)10-18/h2-9H,11H2,1H3,(H,19,21)(H,20,22). The van der Waals surface area contributed by atoms with E-state index in [1.165, 1.54) is 0 Å². The summed E-state index contributed by atoms with van der Waals surface area (Å²) in [5, 5.41) is 14.2. The van der Waals surface area contributed by atoms with Gasteiger partial charge in [0.2, 0.25) is 0 Å². The van der Waals surface area contributed by atoms with Crippen LogP contribution < -0.4 is 10.6 Å². The van der Waals surface area contributed by atoms with E-state index in [0.717, 1.165) is 5.56 Å². The molecule has 0 spiro atoms. The lowest BCUT2D eigenvalue weighted by molar-refractivity contribution is 0.0946. The third kappa shape index (κ3) is 3.70. The highest BCUT2D eigenvalue weighted by atomic mass is 16.2. The van der Waals surface area contributed by atoms with E-state index in [9.17, 15) is 9.59 Å². The smallest absolute Gasteiger partial charge is 0.251 e. The Morgan fingerprint density at radius 1 is 1.05 bits per heavy atom. The van der Waals surface area contributed by atoms with Crippen LogP contribution in [-0.4, -0.2) is 18.9 Å². The summed E-state index contributed by atoms with van der Waals surface area (Å²) in [7, 11) is 1.58. The average molecular weight is 293 g/mol. The molecule has 2 N–H and O–H groups in total. The van der Waals surface area contributed by atoms with Crippen molar-refractivity contribution in [1.82, 2.24) is 10.6 Å². The van der Waals surface area contributed by atoms with Crippen LogP contribution in [0.5, 0.6) is 0 Å². The van der Waals surface area contributed by atoms with Crippen molar-refractivity contribution >= 4 is 11.8 Å². The van der Waals surface area contributed by atoms with Gasteiger partial charge in [0.15, 0.2) is 0 Å². The number of nitrogens with zero attached hydrogens (tertiary/aromatic N) is 1. The van der Waals surface area contributed by atoms with Gasteiger partial charge in [-0.2, -0.15) is 5.26 Å². The SMILES string of the molecule is CNC(=O)c1ccc(CNC(=O)c2cccc(C#N)c2)cc1. The van der Waals surface area contributed by atoms with Crippen LogP contribution in [-0.2, 0) is 6.54 Å². The van der Waals surface area contributed by atoms with Gasteiger partial charge in [-0.3, -0.25) is 9.59 Å². The summed E-state index contributed by atoms with van der Waals surface area (Å²) in [6.45, 7) is 0.351. The molecule has 2 aromatic rings. The topological polar surface area (TPSA) is 82.0 Å². The third-order valence-electron chi connectivity index (χ3n) is 3.15. The fraction of sp³-hybridized carbons (Fsp3) is 0.118. The van der Waals surface area contributed by atoms with Crippen molar-refractivity contribution in [1.29, 1.82) is 5.26 Å². The minimum absolute atomic E-state index is 0.149. The molecule has 5 nitrogen and oxygen atoms in total. The lowest BCUT2D eigenvalue weighted by Gasteiger charge is -2.06. The summed E-state index contributed by atoms with van der Waals surface area (Å²) >= 11 is 0. The number of benzene rings is 2. The van der Waals surface area contributed by atoms with E-state index < -0.39 is 0 Å². The maximum absolute atomic E-state index is 12.0. The summed E-state index contributed by atoms with van der Waals surface area (Å²) in [5.74, 6) is -0.392. The Bertz CT molecular complexity index is 730. The van der Waals surface area contributed by atoms with Crippen LogP contribution in [0, 0.1) is 11.3 Å². The van der Waals surface area contributed by atoms with E-state index in [2.05, 4.69) is 10.6 Å². The van der Waals surface area contributed by atoms with Crippen molar-refractivity contribution in [2.45, 2.75) is 6.54 Å². The van der Waals surface area contributed by atoms with Crippen LogP contribution in [0.25, 0.3) is 0 Å². The van der Waals surface area contributed by atoms with Gasteiger partial charge in [0.05, 0.1) is 11.6 Å². The van der Waals surface area contributed by atoms with E-state index in [1.54, 1.807) is 55.6 Å². The van der Waals surface area contributed by atoms with Crippen molar-refractivity contribution in [2.75, 3.05) is 7.05 Å². The van der Waals surface area contributed by atoms with Crippen LogP contribution >= 0.6 is 0 Å². The number of amides is 2. The molecule has 0 aliphatic heterocycles. The largest absolute Gasteiger partial charge is 0.355 e. The quantitative estimate of drug-likeness (QED) is 0.902. The molecule has 0 saturated carbocycles. The highest BCUT2D eigenvalue weighted by Crippen LogP contribution is 2.07. The van der Waals surface area contributed by atoms with Gasteiger partial charge in [-0.1, -0.05) is 18.2 Å². The van der Waals surface area contributed by atoms with Gasteiger partial charge in [-0.05, 0) is 35.9 Å². The molecule has 0 heterocycles. The van der Waals surface area contributed by atoms with Crippen LogP contribution in [0.1, 0.15) is 31.8 Å². The van der Waals surface area contributed by atoms with Crippen molar-refractivity contribution < 1.29 is 9.59 Å². The first-order chi connectivity index (χ1) is 10.6. The zero-order chi connectivity index (χ0) is 15.9. The number of carbonyl (C=O) groups excluding carboxylic acids is 2. The molecule has 2 rings (SSSR count). The predicted octanol–water partition coefficient (Wildman–Crippen LogP) is 1.85. The number of rotatable bonds is 4. The van der Waals surface area contributed by atoms with E-state index >= 15 is 0 Å². The third-order valence-corrected chi connectivity index (χ3v) is 3.15. The van der Waals surface area contributed by atoms with Gasteiger partial charge in [-0.25, -0.2) is 0 Å². The molecule has 22 heavy (non-hydrogen) atoms. The Morgan fingerprint density at radius 3 is 2.41 bits per heavy atom. The molecule has 2 amide bonds. The molecule has 0 aromatic heterocycles. The summed E-state index contributed by atoms with van der Waals surface area (Å²) < 4.78 is 0. The van der Waals surface area contributed by atoms with Crippen molar-refractivity contribution in [2.24, 2.45) is 0 Å². The molecule has 5 heteroatoms. The predicted molar refractivity (Wildman–Crippen MR) is 82.2 cm³/mol. The number of carbonyl (C=O) groups is 2. The number of nitriles is 1. The van der Waals surface area contributed by atoms with Crippen molar-refractivity contribution in [3.05, 3.63) is 70.8 Å². The van der Waals surface area contributed by atoms with E-state index in [1.807, 2.05) is 6.07 Å². The minimum atomic E-state index is -0.243. The Kier molecular flexibility index (Phi) is 4.89. The zero-order valence-corrected chi connectivity index (χ0v) is 12.1. The van der Waals surface area contributed by atoms with Crippen LogP contribution in [0.4, 0.5) is 0 Å². The number of hydrogen-bond acceptors (Lipinski definition) is 3. The maximum Gasteiger partial charge on any atom is 0.251 e. The van der Waals surface area contributed by atoms with Crippen molar-refractivity contribution in [3.8, 4) is 6.07 Å². The Hall–Kier alpha value is -3.13. The Labute approximate surface area is 128 Å². The summed E-state index contributed by atoms with van der Waals surface area (Å²) in [6, 6.07) is 15.5. The summed E-state index contributed by atoms with van der Waals surface area (Å²) in [6.07, 6.45) is 0. The fourth-order valence-corrected chi connectivity index (χ4v) is 1.93. The molecule has 0 atom stereocenters. The van der Waals surface area contributed by atoms with E-state index in [-0.39, 0.29) is 11.8 Å². The first-order valence-corrected chi connectivity index (χ1v) is 6.73. The molecule has 110 valence electrons. The number of nitrogens with one attached hydrogen (secondary N) is 2. The molecule has 0 saturated heterocycles. The maximum atomic E-state index is 12.0. The first kappa shape index (κ1) is 15.3. The molecule has 0 aliphatic rings. The lowest BCUT2D eigenvalue weighted by Crippen LogP contribution is -2.23. The van der Waals surface area contributed by atoms with Crippen LogP contribution in [0.2, 0.25) is 0 Å². The van der Waals surface area contributed by atoms with Gasteiger partial charge in [0.25, 0.3) is 11.8 Å². The second-order valence-corrected chi connectivity index (χ2v) is 4.65. The second-order valence-electron chi connectivity index (χ2n) is 4.65. The molecule has 0 radical (unpaired) electrons. The molecular weight excluding hydrogens is 278 g/mol. The molecule has 0 aliphatic carbocycles. The lowest BCUT2D eigenvalue weighted by atomic mass is 10.1. The minimum Gasteiger partial charge on any atom is -0.355 e. The molecular formula is C17H15N3O2. The van der Waals surface area contributed by atoms with E-state index in [0.29, 0.717) is 23.2 Å². The molecule has 0 fully saturated rings. The van der Waals surface area contributed by atoms with E-state index in [4.69, 9.17) is 5.26 Å². The first-order valence-electron chi connectivity index (χ1n) is 6.73. The Balaban J connectivity index is 1.99. The highest BCUT2D eigenvalue weighted by Gasteiger charge is 2.07. The van der Waals surface area contributed by atoms with Gasteiger partial charge in [0.1, 0.15) is 0 Å². The van der Waals surface area contributed by atoms with Gasteiger partial charge in [-0.15, -0.1) is 0 Å². The van der Waals surface area contributed by atoms with Crippen LogP contribution in [0.3, 0.4) is 0 Å². The number of hydrogen-bond donors (Lipinski definition) is 2. The van der Waals surface area contributed by atoms with Crippen molar-refractivity contribution in [3.63, 3.8) is 0 Å². The molecule has 0 bridgehead atoms.